The molecule has 4 nitrogen and oxygen atoms in total. The molecule has 2 rings (SSSR count). The van der Waals surface area contributed by atoms with E-state index >= 15 is 0 Å². The summed E-state index contributed by atoms with van der Waals surface area (Å²) in [6, 6.07) is 9.45. The summed E-state index contributed by atoms with van der Waals surface area (Å²) in [5, 5.41) is 11.8. The smallest absolute Gasteiger partial charge is 0.241 e. The first-order valence-electron chi connectivity index (χ1n) is 7.59. The summed E-state index contributed by atoms with van der Waals surface area (Å²) >= 11 is 0. The van der Waals surface area contributed by atoms with E-state index in [4.69, 9.17) is 5.26 Å². The van der Waals surface area contributed by atoms with Crippen LogP contribution < -0.4 is 5.32 Å². The van der Waals surface area contributed by atoms with E-state index in [0.717, 1.165) is 13.0 Å². The van der Waals surface area contributed by atoms with Crippen molar-refractivity contribution < 1.29 is 4.79 Å². The molecule has 0 saturated carbocycles. The van der Waals surface area contributed by atoms with Crippen molar-refractivity contribution in [3.63, 3.8) is 0 Å². The van der Waals surface area contributed by atoms with Gasteiger partial charge < -0.3 is 5.32 Å². The maximum absolute atomic E-state index is 12.4. The minimum atomic E-state index is -0.148. The minimum Gasteiger partial charge on any atom is -0.325 e. The quantitative estimate of drug-likeness (QED) is 0.925. The molecule has 1 aromatic rings. The number of carbonyl (C=O) groups excluding carboxylic acids is 1. The summed E-state index contributed by atoms with van der Waals surface area (Å²) in [6.07, 6.45) is 2.32. The van der Waals surface area contributed by atoms with Crippen LogP contribution in [0.25, 0.3) is 0 Å². The molecular formula is C17H23N3O. The number of amides is 1. The number of anilines is 1. The van der Waals surface area contributed by atoms with Crippen molar-refractivity contribution in [1.82, 2.24) is 4.90 Å². The fourth-order valence-electron chi connectivity index (χ4n) is 3.08. The van der Waals surface area contributed by atoms with Gasteiger partial charge in [-0.3, -0.25) is 9.69 Å². The second kappa shape index (κ2) is 6.73. The van der Waals surface area contributed by atoms with Crippen molar-refractivity contribution in [2.24, 2.45) is 5.92 Å². The van der Waals surface area contributed by atoms with Crippen molar-refractivity contribution in [3.05, 3.63) is 29.8 Å². The number of hydrogen-bond donors (Lipinski definition) is 1. The molecule has 0 bridgehead atoms. The molecule has 21 heavy (non-hydrogen) atoms. The number of benzene rings is 1. The third-order valence-corrected chi connectivity index (χ3v) is 4.25. The van der Waals surface area contributed by atoms with Gasteiger partial charge in [-0.2, -0.15) is 5.26 Å². The number of likely N-dealkylation sites (tertiary alicyclic amines) is 1. The van der Waals surface area contributed by atoms with Crippen molar-refractivity contribution in [1.29, 1.82) is 5.26 Å². The number of rotatable bonds is 4. The fourth-order valence-corrected chi connectivity index (χ4v) is 3.08. The first-order valence-corrected chi connectivity index (χ1v) is 7.59. The van der Waals surface area contributed by atoms with Gasteiger partial charge in [-0.15, -0.1) is 0 Å². The summed E-state index contributed by atoms with van der Waals surface area (Å²) in [4.78, 5) is 14.7. The maximum Gasteiger partial charge on any atom is 0.241 e. The van der Waals surface area contributed by atoms with Crippen LogP contribution in [-0.4, -0.2) is 29.4 Å². The maximum atomic E-state index is 12.4. The number of carbonyl (C=O) groups is 1. The molecule has 1 saturated heterocycles. The highest BCUT2D eigenvalue weighted by molar-refractivity contribution is 5.94. The van der Waals surface area contributed by atoms with Crippen molar-refractivity contribution in [2.45, 2.75) is 45.7 Å². The van der Waals surface area contributed by atoms with Crippen molar-refractivity contribution in [2.75, 3.05) is 11.9 Å². The van der Waals surface area contributed by atoms with Crippen LogP contribution in [0.1, 0.15) is 39.2 Å². The molecular weight excluding hydrogens is 262 g/mol. The van der Waals surface area contributed by atoms with E-state index in [1.165, 1.54) is 6.42 Å². The SMILES string of the molecule is CC(C)C1CCCN1C(C)C(=O)Nc1cccc(C#N)c1. The Hall–Kier alpha value is -1.86. The average molecular weight is 285 g/mol. The van der Waals surface area contributed by atoms with E-state index in [0.29, 0.717) is 23.2 Å². The predicted octanol–water partition coefficient (Wildman–Crippen LogP) is 3.01. The summed E-state index contributed by atoms with van der Waals surface area (Å²) in [7, 11) is 0. The molecule has 1 aromatic carbocycles. The molecule has 1 heterocycles. The van der Waals surface area contributed by atoms with Gasteiger partial charge in [0, 0.05) is 11.7 Å². The highest BCUT2D eigenvalue weighted by Crippen LogP contribution is 2.26. The molecule has 1 aliphatic rings. The van der Waals surface area contributed by atoms with E-state index in [1.807, 2.05) is 13.0 Å². The molecule has 112 valence electrons. The normalized spacial score (nSPS) is 20.2. The molecule has 4 heteroatoms. The first-order chi connectivity index (χ1) is 10.0. The average Bonchev–Trinajstić information content (AvgIpc) is 2.96. The Labute approximate surface area is 126 Å². The Balaban J connectivity index is 2.04. The van der Waals surface area contributed by atoms with Crippen LogP contribution in [0, 0.1) is 17.2 Å². The Morgan fingerprint density at radius 1 is 1.43 bits per heavy atom. The summed E-state index contributed by atoms with van der Waals surface area (Å²) < 4.78 is 0. The molecule has 2 unspecified atom stereocenters. The molecule has 1 aliphatic heterocycles. The molecule has 2 atom stereocenters. The molecule has 0 aliphatic carbocycles. The van der Waals surface area contributed by atoms with E-state index in [9.17, 15) is 4.79 Å². The van der Waals surface area contributed by atoms with Gasteiger partial charge in [0.1, 0.15) is 0 Å². The largest absolute Gasteiger partial charge is 0.325 e. The second-order valence-corrected chi connectivity index (χ2v) is 6.05. The Morgan fingerprint density at radius 2 is 2.19 bits per heavy atom. The van der Waals surface area contributed by atoms with Crippen LogP contribution in [-0.2, 0) is 4.79 Å². The third-order valence-electron chi connectivity index (χ3n) is 4.25. The molecule has 0 aromatic heterocycles. The van der Waals surface area contributed by atoms with Crippen LogP contribution in [0.15, 0.2) is 24.3 Å². The van der Waals surface area contributed by atoms with Crippen LogP contribution in [0.3, 0.4) is 0 Å². The summed E-state index contributed by atoms with van der Waals surface area (Å²) in [5.41, 5.74) is 1.24. The molecule has 1 fully saturated rings. The van der Waals surface area contributed by atoms with Gasteiger partial charge in [-0.1, -0.05) is 19.9 Å². The van der Waals surface area contributed by atoms with Gasteiger partial charge >= 0.3 is 0 Å². The van der Waals surface area contributed by atoms with E-state index in [1.54, 1.807) is 18.2 Å². The van der Waals surface area contributed by atoms with Gasteiger partial charge in [-0.25, -0.2) is 0 Å². The minimum absolute atomic E-state index is 0.00219. The number of nitriles is 1. The van der Waals surface area contributed by atoms with Gasteiger partial charge in [0.2, 0.25) is 5.91 Å². The lowest BCUT2D eigenvalue weighted by molar-refractivity contribution is -0.121. The topological polar surface area (TPSA) is 56.1 Å². The van der Waals surface area contributed by atoms with Gasteiger partial charge in [0.25, 0.3) is 0 Å². The molecule has 1 N–H and O–H groups in total. The van der Waals surface area contributed by atoms with E-state index < -0.39 is 0 Å². The number of nitrogens with one attached hydrogen (secondary N) is 1. The first kappa shape index (κ1) is 15.5. The number of nitrogens with zero attached hydrogens (tertiary/aromatic N) is 2. The van der Waals surface area contributed by atoms with Gasteiger partial charge in [0.15, 0.2) is 0 Å². The highest BCUT2D eigenvalue weighted by atomic mass is 16.2. The van der Waals surface area contributed by atoms with Crippen LogP contribution in [0.2, 0.25) is 0 Å². The zero-order valence-corrected chi connectivity index (χ0v) is 13.0. The highest BCUT2D eigenvalue weighted by Gasteiger charge is 2.33. The lowest BCUT2D eigenvalue weighted by atomic mass is 10.0. The predicted molar refractivity (Wildman–Crippen MR) is 83.8 cm³/mol. The van der Waals surface area contributed by atoms with Crippen LogP contribution >= 0.6 is 0 Å². The fraction of sp³-hybridized carbons (Fsp3) is 0.529. The third kappa shape index (κ3) is 3.62. The standard InChI is InChI=1S/C17H23N3O/c1-12(2)16-8-5-9-20(16)13(3)17(21)19-15-7-4-6-14(10-15)11-18/h4,6-7,10,12-13,16H,5,8-9H2,1-3H3,(H,19,21). The summed E-state index contributed by atoms with van der Waals surface area (Å²) in [5.74, 6) is 0.558. The van der Waals surface area contributed by atoms with Crippen molar-refractivity contribution in [3.8, 4) is 6.07 Å². The lowest BCUT2D eigenvalue weighted by Crippen LogP contribution is -2.46. The van der Waals surface area contributed by atoms with Crippen LogP contribution in [0.5, 0.6) is 0 Å². The molecule has 0 radical (unpaired) electrons. The van der Waals surface area contributed by atoms with Crippen LogP contribution in [0.4, 0.5) is 5.69 Å². The van der Waals surface area contributed by atoms with Gasteiger partial charge in [-0.05, 0) is 50.4 Å². The zero-order valence-electron chi connectivity index (χ0n) is 13.0. The zero-order chi connectivity index (χ0) is 15.4. The molecule has 0 spiro atoms. The second-order valence-electron chi connectivity index (χ2n) is 6.05. The number of hydrogen-bond acceptors (Lipinski definition) is 3. The van der Waals surface area contributed by atoms with E-state index in [2.05, 4.69) is 30.1 Å². The Bertz CT molecular complexity index is 547. The Kier molecular flexibility index (Phi) is 4.98. The van der Waals surface area contributed by atoms with Gasteiger partial charge in [0.05, 0.1) is 17.7 Å². The lowest BCUT2D eigenvalue weighted by Gasteiger charge is -2.32. The molecule has 1 amide bonds. The Morgan fingerprint density at radius 3 is 2.86 bits per heavy atom. The summed E-state index contributed by atoms with van der Waals surface area (Å²) in [6.45, 7) is 7.37. The van der Waals surface area contributed by atoms with Crippen molar-refractivity contribution >= 4 is 11.6 Å². The van der Waals surface area contributed by atoms with E-state index in [-0.39, 0.29) is 11.9 Å². The monoisotopic (exact) mass is 285 g/mol.